The lowest BCUT2D eigenvalue weighted by atomic mass is 9.92. The number of rotatable bonds is 4. The van der Waals surface area contributed by atoms with Crippen molar-refractivity contribution in [3.05, 3.63) is 0 Å². The summed E-state index contributed by atoms with van der Waals surface area (Å²) in [4.78, 5) is 12.9. The van der Waals surface area contributed by atoms with E-state index in [1.54, 1.807) is 0 Å². The molecule has 0 radical (unpaired) electrons. The van der Waals surface area contributed by atoms with Crippen molar-refractivity contribution >= 4 is 5.97 Å². The Morgan fingerprint density at radius 2 is 2.27 bits per heavy atom. The molecule has 88 valence electrons. The van der Waals surface area contributed by atoms with Crippen molar-refractivity contribution in [1.29, 1.82) is 0 Å². The van der Waals surface area contributed by atoms with Crippen LogP contribution in [0.3, 0.4) is 0 Å². The first-order valence-corrected chi connectivity index (χ1v) is 5.74. The van der Waals surface area contributed by atoms with Crippen LogP contribution in [0.25, 0.3) is 0 Å². The average molecular weight is 214 g/mol. The normalized spacial score (nSPS) is 30.1. The zero-order valence-corrected chi connectivity index (χ0v) is 9.65. The van der Waals surface area contributed by atoms with Gasteiger partial charge in [0.25, 0.3) is 0 Å². The van der Waals surface area contributed by atoms with Gasteiger partial charge < -0.3 is 15.7 Å². The van der Waals surface area contributed by atoms with Gasteiger partial charge in [-0.25, -0.2) is 0 Å². The van der Waals surface area contributed by atoms with Crippen LogP contribution in [-0.4, -0.2) is 41.1 Å². The summed E-state index contributed by atoms with van der Waals surface area (Å²) < 4.78 is 0. The fourth-order valence-electron chi connectivity index (χ4n) is 2.16. The van der Waals surface area contributed by atoms with E-state index in [9.17, 15) is 4.79 Å². The van der Waals surface area contributed by atoms with Crippen molar-refractivity contribution in [3.8, 4) is 0 Å². The number of likely N-dealkylation sites (tertiary alicyclic amines) is 1. The van der Waals surface area contributed by atoms with Gasteiger partial charge in [0.2, 0.25) is 0 Å². The van der Waals surface area contributed by atoms with Gasteiger partial charge in [-0.2, -0.15) is 0 Å². The fourth-order valence-corrected chi connectivity index (χ4v) is 2.16. The van der Waals surface area contributed by atoms with Crippen LogP contribution < -0.4 is 5.73 Å². The number of carboxylic acid groups (broad SMARTS) is 1. The number of nitrogens with two attached hydrogens (primary N) is 1. The molecule has 0 aromatic carbocycles. The minimum Gasteiger partial charge on any atom is -0.480 e. The maximum absolute atomic E-state index is 10.6. The van der Waals surface area contributed by atoms with E-state index in [0.29, 0.717) is 18.4 Å². The standard InChI is InChI=1S/C11H22N2O2/c1-8-4-3-6-13(9(8)2)7-5-10(12)11(14)15/h8-10H,3-7,12H2,1-2H3,(H,14,15). The molecule has 0 aromatic rings. The summed E-state index contributed by atoms with van der Waals surface area (Å²) in [5.74, 6) is -0.187. The summed E-state index contributed by atoms with van der Waals surface area (Å²) in [6.07, 6.45) is 3.04. The zero-order valence-electron chi connectivity index (χ0n) is 9.65. The van der Waals surface area contributed by atoms with Crippen LogP contribution in [0, 0.1) is 5.92 Å². The van der Waals surface area contributed by atoms with Gasteiger partial charge in [-0.15, -0.1) is 0 Å². The van der Waals surface area contributed by atoms with Crippen LogP contribution in [0.15, 0.2) is 0 Å². The zero-order chi connectivity index (χ0) is 11.4. The van der Waals surface area contributed by atoms with Crippen molar-refractivity contribution in [2.75, 3.05) is 13.1 Å². The Hall–Kier alpha value is -0.610. The number of nitrogens with zero attached hydrogens (tertiary/aromatic N) is 1. The summed E-state index contributed by atoms with van der Waals surface area (Å²) in [6.45, 7) is 6.36. The molecule has 0 saturated carbocycles. The first-order valence-electron chi connectivity index (χ1n) is 5.74. The van der Waals surface area contributed by atoms with Crippen LogP contribution in [0.2, 0.25) is 0 Å². The van der Waals surface area contributed by atoms with Crippen LogP contribution >= 0.6 is 0 Å². The Balaban J connectivity index is 2.34. The summed E-state index contributed by atoms with van der Waals surface area (Å²) >= 11 is 0. The molecule has 1 aliphatic rings. The molecule has 4 heteroatoms. The summed E-state index contributed by atoms with van der Waals surface area (Å²) in [7, 11) is 0. The topological polar surface area (TPSA) is 66.6 Å². The Morgan fingerprint density at radius 3 is 2.87 bits per heavy atom. The van der Waals surface area contributed by atoms with E-state index in [1.165, 1.54) is 12.8 Å². The second-order valence-corrected chi connectivity index (χ2v) is 4.63. The van der Waals surface area contributed by atoms with Crippen LogP contribution in [0.4, 0.5) is 0 Å². The van der Waals surface area contributed by atoms with Gasteiger partial charge in [-0.05, 0) is 38.6 Å². The van der Waals surface area contributed by atoms with Crippen LogP contribution in [0.5, 0.6) is 0 Å². The van der Waals surface area contributed by atoms with E-state index in [1.807, 2.05) is 0 Å². The molecule has 0 aliphatic carbocycles. The average Bonchev–Trinajstić information content (AvgIpc) is 2.19. The van der Waals surface area contributed by atoms with Gasteiger partial charge in [-0.3, -0.25) is 4.79 Å². The predicted octanol–water partition coefficient (Wildman–Crippen LogP) is 0.909. The molecule has 1 rings (SSSR count). The molecule has 3 atom stereocenters. The largest absolute Gasteiger partial charge is 0.480 e. The van der Waals surface area contributed by atoms with E-state index in [4.69, 9.17) is 10.8 Å². The minimum atomic E-state index is -0.896. The molecule has 0 aromatic heterocycles. The highest BCUT2D eigenvalue weighted by Gasteiger charge is 2.25. The third kappa shape index (κ3) is 3.47. The molecule has 4 nitrogen and oxygen atoms in total. The molecule has 0 bridgehead atoms. The number of hydrogen-bond donors (Lipinski definition) is 2. The monoisotopic (exact) mass is 214 g/mol. The summed E-state index contributed by atoms with van der Waals surface area (Å²) in [5.41, 5.74) is 5.49. The molecular formula is C11H22N2O2. The molecule has 0 amide bonds. The third-order valence-electron chi connectivity index (χ3n) is 3.55. The quantitative estimate of drug-likeness (QED) is 0.730. The molecule has 3 N–H and O–H groups in total. The van der Waals surface area contributed by atoms with Crippen molar-refractivity contribution in [2.45, 2.75) is 45.2 Å². The Kier molecular flexibility index (Phi) is 4.54. The maximum Gasteiger partial charge on any atom is 0.320 e. The Morgan fingerprint density at radius 1 is 1.60 bits per heavy atom. The van der Waals surface area contributed by atoms with E-state index in [2.05, 4.69) is 18.7 Å². The van der Waals surface area contributed by atoms with Crippen LogP contribution in [-0.2, 0) is 4.79 Å². The number of carbonyl (C=O) groups is 1. The SMILES string of the molecule is CC1CCCN(CCC(N)C(=O)O)C1C. The second kappa shape index (κ2) is 5.47. The highest BCUT2D eigenvalue weighted by atomic mass is 16.4. The van der Waals surface area contributed by atoms with Gasteiger partial charge in [0.1, 0.15) is 6.04 Å². The lowest BCUT2D eigenvalue weighted by Crippen LogP contribution is -2.45. The molecular weight excluding hydrogens is 192 g/mol. The van der Waals surface area contributed by atoms with E-state index >= 15 is 0 Å². The van der Waals surface area contributed by atoms with Crippen molar-refractivity contribution < 1.29 is 9.90 Å². The number of hydrogen-bond acceptors (Lipinski definition) is 3. The van der Waals surface area contributed by atoms with Gasteiger partial charge in [0.05, 0.1) is 0 Å². The lowest BCUT2D eigenvalue weighted by Gasteiger charge is -2.38. The van der Waals surface area contributed by atoms with Gasteiger partial charge >= 0.3 is 5.97 Å². The Labute approximate surface area is 91.4 Å². The number of aliphatic carboxylic acids is 1. The minimum absolute atomic E-state index is 0.548. The molecule has 1 heterocycles. The molecule has 1 saturated heterocycles. The number of piperidine rings is 1. The highest BCUT2D eigenvalue weighted by molar-refractivity contribution is 5.72. The van der Waals surface area contributed by atoms with Crippen molar-refractivity contribution in [3.63, 3.8) is 0 Å². The molecule has 15 heavy (non-hydrogen) atoms. The third-order valence-corrected chi connectivity index (χ3v) is 3.55. The van der Waals surface area contributed by atoms with Gasteiger partial charge in [0, 0.05) is 12.6 Å². The predicted molar refractivity (Wildman–Crippen MR) is 59.7 cm³/mol. The van der Waals surface area contributed by atoms with Gasteiger partial charge in [0.15, 0.2) is 0 Å². The first-order chi connectivity index (χ1) is 7.02. The highest BCUT2D eigenvalue weighted by Crippen LogP contribution is 2.22. The second-order valence-electron chi connectivity index (χ2n) is 4.63. The molecule has 1 fully saturated rings. The molecule has 3 unspecified atom stereocenters. The van der Waals surface area contributed by atoms with Crippen molar-refractivity contribution in [2.24, 2.45) is 11.7 Å². The lowest BCUT2D eigenvalue weighted by molar-refractivity contribution is -0.138. The van der Waals surface area contributed by atoms with E-state index < -0.39 is 12.0 Å². The van der Waals surface area contributed by atoms with Crippen molar-refractivity contribution in [1.82, 2.24) is 4.90 Å². The van der Waals surface area contributed by atoms with Gasteiger partial charge in [-0.1, -0.05) is 6.92 Å². The molecule has 1 aliphatic heterocycles. The smallest absolute Gasteiger partial charge is 0.320 e. The number of carboxylic acids is 1. The van der Waals surface area contributed by atoms with E-state index in [-0.39, 0.29) is 0 Å². The summed E-state index contributed by atoms with van der Waals surface area (Å²) in [6, 6.07) is -0.158. The van der Waals surface area contributed by atoms with E-state index in [0.717, 1.165) is 13.1 Å². The summed E-state index contributed by atoms with van der Waals surface area (Å²) in [5, 5.41) is 8.69. The maximum atomic E-state index is 10.6. The molecule has 0 spiro atoms. The Bertz CT molecular complexity index is 221. The fraction of sp³-hybridized carbons (Fsp3) is 0.909. The first kappa shape index (κ1) is 12.5. The van der Waals surface area contributed by atoms with Crippen LogP contribution in [0.1, 0.15) is 33.1 Å².